The van der Waals surface area contributed by atoms with Crippen LogP contribution in [0.25, 0.3) is 0 Å². The Kier molecular flexibility index (Phi) is 5.78. The van der Waals surface area contributed by atoms with Crippen molar-refractivity contribution >= 4 is 17.8 Å². The molecule has 1 aliphatic rings. The molecule has 164 valence electrons. The van der Waals surface area contributed by atoms with E-state index in [1.165, 1.54) is 19.1 Å². The first-order valence-electron chi connectivity index (χ1n) is 8.98. The Balaban J connectivity index is 1.76. The number of imide groups is 1. The van der Waals surface area contributed by atoms with Crippen LogP contribution in [0.2, 0.25) is 0 Å². The second-order valence-electron chi connectivity index (χ2n) is 6.92. The highest BCUT2D eigenvalue weighted by Crippen LogP contribution is 2.32. The van der Waals surface area contributed by atoms with Crippen molar-refractivity contribution in [3.63, 3.8) is 0 Å². The molecule has 1 saturated heterocycles. The predicted octanol–water partition coefficient (Wildman–Crippen LogP) is 2.42. The molecular formula is C20H18F3N3O5. The average Bonchev–Trinajstić information content (AvgIpc) is 2.90. The first-order valence-corrected chi connectivity index (χ1v) is 8.98. The van der Waals surface area contributed by atoms with Crippen molar-refractivity contribution in [2.75, 3.05) is 6.61 Å². The number of carbonyl (C=O) groups is 3. The maximum Gasteiger partial charge on any atom is 0.573 e. The quantitative estimate of drug-likeness (QED) is 0.647. The summed E-state index contributed by atoms with van der Waals surface area (Å²) in [7, 11) is 0. The van der Waals surface area contributed by atoms with Crippen LogP contribution in [0.5, 0.6) is 11.5 Å². The van der Waals surface area contributed by atoms with Gasteiger partial charge in [-0.15, -0.1) is 13.2 Å². The number of alkyl halides is 3. The molecule has 1 atom stereocenters. The van der Waals surface area contributed by atoms with Crippen molar-refractivity contribution < 1.29 is 37.0 Å². The number of urea groups is 1. The van der Waals surface area contributed by atoms with Gasteiger partial charge in [-0.25, -0.2) is 4.79 Å². The molecule has 0 bridgehead atoms. The number of benzene rings is 2. The van der Waals surface area contributed by atoms with Gasteiger partial charge in [-0.2, -0.15) is 0 Å². The highest BCUT2D eigenvalue weighted by atomic mass is 19.4. The van der Waals surface area contributed by atoms with E-state index in [9.17, 15) is 27.6 Å². The fraction of sp³-hybridized carbons (Fsp3) is 0.250. The summed E-state index contributed by atoms with van der Waals surface area (Å²) in [5.74, 6) is -1.33. The minimum atomic E-state index is -4.84. The minimum absolute atomic E-state index is 0.0801. The molecule has 0 aliphatic carbocycles. The summed E-state index contributed by atoms with van der Waals surface area (Å²) in [5, 5.41) is 2.57. The molecule has 1 aliphatic heterocycles. The maximum absolute atomic E-state index is 13.0. The van der Waals surface area contributed by atoms with Gasteiger partial charge in [-0.05, 0) is 42.3 Å². The third-order valence-corrected chi connectivity index (χ3v) is 4.56. The Morgan fingerprint density at radius 1 is 1.13 bits per heavy atom. The minimum Gasteiger partial charge on any atom is -0.484 e. The van der Waals surface area contributed by atoms with E-state index < -0.39 is 35.5 Å². The number of nitrogens with two attached hydrogens (primary N) is 1. The molecule has 0 aromatic heterocycles. The van der Waals surface area contributed by atoms with Crippen LogP contribution in [0.3, 0.4) is 0 Å². The molecule has 8 nitrogen and oxygen atoms in total. The molecule has 2 aromatic carbocycles. The number of ether oxygens (including phenoxy) is 2. The largest absolute Gasteiger partial charge is 0.573 e. The number of nitrogens with zero attached hydrogens (tertiary/aromatic N) is 1. The van der Waals surface area contributed by atoms with Crippen molar-refractivity contribution in [1.29, 1.82) is 0 Å². The van der Waals surface area contributed by atoms with Crippen LogP contribution in [-0.2, 0) is 21.7 Å². The SMILES string of the molecule is CC1(c2ccc(OC(F)(F)F)cc2)NC(=O)N(Cc2cccc(OCC(N)=O)c2)C1=O. The maximum atomic E-state index is 13.0. The normalized spacial score (nSPS) is 18.6. The van der Waals surface area contributed by atoms with Crippen LogP contribution < -0.4 is 20.5 Å². The summed E-state index contributed by atoms with van der Waals surface area (Å²) >= 11 is 0. The molecule has 1 unspecified atom stereocenters. The van der Waals surface area contributed by atoms with E-state index in [1.54, 1.807) is 24.3 Å². The third kappa shape index (κ3) is 5.05. The van der Waals surface area contributed by atoms with Crippen molar-refractivity contribution in [3.05, 3.63) is 59.7 Å². The van der Waals surface area contributed by atoms with Gasteiger partial charge in [0.2, 0.25) is 0 Å². The monoisotopic (exact) mass is 437 g/mol. The fourth-order valence-electron chi connectivity index (χ4n) is 3.10. The number of hydrogen-bond donors (Lipinski definition) is 2. The van der Waals surface area contributed by atoms with E-state index >= 15 is 0 Å². The number of nitrogens with one attached hydrogen (secondary N) is 1. The Morgan fingerprint density at radius 2 is 1.81 bits per heavy atom. The van der Waals surface area contributed by atoms with Gasteiger partial charge >= 0.3 is 12.4 Å². The Labute approximate surface area is 174 Å². The topological polar surface area (TPSA) is 111 Å². The van der Waals surface area contributed by atoms with Crippen molar-refractivity contribution in [2.24, 2.45) is 5.73 Å². The van der Waals surface area contributed by atoms with E-state index in [-0.39, 0.29) is 13.2 Å². The second kappa shape index (κ2) is 8.17. The van der Waals surface area contributed by atoms with Gasteiger partial charge in [0.25, 0.3) is 11.8 Å². The molecule has 4 amide bonds. The zero-order valence-electron chi connectivity index (χ0n) is 16.2. The number of rotatable bonds is 7. The van der Waals surface area contributed by atoms with E-state index in [0.717, 1.165) is 17.0 Å². The molecule has 3 N–H and O–H groups in total. The second-order valence-corrected chi connectivity index (χ2v) is 6.92. The van der Waals surface area contributed by atoms with Crippen LogP contribution in [-0.4, -0.2) is 35.7 Å². The number of carbonyl (C=O) groups excluding carboxylic acids is 3. The summed E-state index contributed by atoms with van der Waals surface area (Å²) in [6.45, 7) is 1.06. The predicted molar refractivity (Wildman–Crippen MR) is 101 cm³/mol. The van der Waals surface area contributed by atoms with Crippen LogP contribution in [0.4, 0.5) is 18.0 Å². The van der Waals surface area contributed by atoms with Crippen LogP contribution in [0, 0.1) is 0 Å². The standard InChI is InChI=1S/C20H18F3N3O5/c1-19(13-5-7-14(8-6-13)31-20(21,22)23)17(28)26(18(29)25-19)10-12-3-2-4-15(9-12)30-11-16(24)27/h2-9H,10-11H2,1H3,(H2,24,27)(H,25,29). The van der Waals surface area contributed by atoms with E-state index in [4.69, 9.17) is 10.5 Å². The van der Waals surface area contributed by atoms with Crippen LogP contribution in [0.1, 0.15) is 18.1 Å². The summed E-state index contributed by atoms with van der Waals surface area (Å²) in [4.78, 5) is 37.3. The summed E-state index contributed by atoms with van der Waals surface area (Å²) in [6.07, 6.45) is -4.84. The van der Waals surface area contributed by atoms with Gasteiger partial charge in [0.05, 0.1) is 6.54 Å². The first-order chi connectivity index (χ1) is 14.5. The molecule has 2 aromatic rings. The van der Waals surface area contributed by atoms with E-state index in [1.807, 2.05) is 0 Å². The Morgan fingerprint density at radius 3 is 2.42 bits per heavy atom. The zero-order valence-corrected chi connectivity index (χ0v) is 16.2. The lowest BCUT2D eigenvalue weighted by molar-refractivity contribution is -0.274. The lowest BCUT2D eigenvalue weighted by Crippen LogP contribution is -2.40. The van der Waals surface area contributed by atoms with Gasteiger partial charge in [0, 0.05) is 0 Å². The highest BCUT2D eigenvalue weighted by Gasteiger charge is 2.49. The van der Waals surface area contributed by atoms with Gasteiger partial charge in [0.1, 0.15) is 17.0 Å². The highest BCUT2D eigenvalue weighted by molar-refractivity contribution is 6.07. The first kappa shape index (κ1) is 21.9. The molecule has 0 spiro atoms. The lowest BCUT2D eigenvalue weighted by atomic mass is 9.92. The van der Waals surface area contributed by atoms with Gasteiger partial charge < -0.3 is 20.5 Å². The summed E-state index contributed by atoms with van der Waals surface area (Å²) in [5.41, 5.74) is 4.43. The van der Waals surface area contributed by atoms with E-state index in [2.05, 4.69) is 10.1 Å². The number of halogens is 3. The Bertz CT molecular complexity index is 1010. The smallest absolute Gasteiger partial charge is 0.484 e. The zero-order chi connectivity index (χ0) is 22.8. The molecule has 1 heterocycles. The number of primary amides is 1. The van der Waals surface area contributed by atoms with Crippen LogP contribution >= 0.6 is 0 Å². The molecule has 0 radical (unpaired) electrons. The van der Waals surface area contributed by atoms with Crippen molar-refractivity contribution in [2.45, 2.75) is 25.4 Å². The van der Waals surface area contributed by atoms with Crippen molar-refractivity contribution in [3.8, 4) is 11.5 Å². The molecule has 3 rings (SSSR count). The average molecular weight is 437 g/mol. The van der Waals surface area contributed by atoms with Gasteiger partial charge in [-0.1, -0.05) is 24.3 Å². The number of hydrogen-bond acceptors (Lipinski definition) is 5. The molecule has 31 heavy (non-hydrogen) atoms. The summed E-state index contributed by atoms with van der Waals surface area (Å²) in [6, 6.07) is 10.5. The summed E-state index contributed by atoms with van der Waals surface area (Å²) < 4.78 is 46.0. The van der Waals surface area contributed by atoms with Gasteiger partial charge in [0.15, 0.2) is 6.61 Å². The Hall–Kier alpha value is -3.76. The molecular weight excluding hydrogens is 419 g/mol. The lowest BCUT2D eigenvalue weighted by Gasteiger charge is -2.22. The molecule has 0 saturated carbocycles. The number of amides is 4. The third-order valence-electron chi connectivity index (χ3n) is 4.56. The van der Waals surface area contributed by atoms with Gasteiger partial charge in [-0.3, -0.25) is 14.5 Å². The molecule has 11 heteroatoms. The molecule has 1 fully saturated rings. The van der Waals surface area contributed by atoms with Crippen LogP contribution in [0.15, 0.2) is 48.5 Å². The van der Waals surface area contributed by atoms with E-state index in [0.29, 0.717) is 16.9 Å². The fourth-order valence-corrected chi connectivity index (χ4v) is 3.10. The van der Waals surface area contributed by atoms with Crippen molar-refractivity contribution in [1.82, 2.24) is 10.2 Å².